The maximum absolute atomic E-state index is 14.2. The van der Waals surface area contributed by atoms with E-state index in [1.165, 1.54) is 22.9 Å². The molecule has 1 unspecified atom stereocenters. The number of hydrogen-bond acceptors (Lipinski definition) is 4. The summed E-state index contributed by atoms with van der Waals surface area (Å²) in [7, 11) is 1.45. The zero-order valence-corrected chi connectivity index (χ0v) is 20.6. The molecule has 0 radical (unpaired) electrons. The van der Waals surface area contributed by atoms with Crippen LogP contribution in [-0.4, -0.2) is 70.6 Å². The Morgan fingerprint density at radius 3 is 2.61 bits per heavy atom. The summed E-state index contributed by atoms with van der Waals surface area (Å²) < 4.78 is 27.8. The van der Waals surface area contributed by atoms with Gasteiger partial charge in [0, 0.05) is 31.6 Å². The summed E-state index contributed by atoms with van der Waals surface area (Å²) in [6.07, 6.45) is 1.68. The number of carbonyl (C=O) groups excluding carboxylic acids is 4. The molecule has 0 bridgehead atoms. The molecule has 11 heteroatoms. The fourth-order valence-electron chi connectivity index (χ4n) is 5.41. The number of likely N-dealkylation sites (tertiary alicyclic amines) is 1. The van der Waals surface area contributed by atoms with E-state index in [1.807, 2.05) is 13.8 Å². The number of fused-ring (bicyclic) bond motifs is 1. The van der Waals surface area contributed by atoms with E-state index in [9.17, 15) is 28.0 Å². The van der Waals surface area contributed by atoms with Crippen molar-refractivity contribution in [3.63, 3.8) is 0 Å². The first-order valence-corrected chi connectivity index (χ1v) is 12.1. The molecule has 0 aliphatic carbocycles. The summed E-state index contributed by atoms with van der Waals surface area (Å²) in [4.78, 5) is 57.6. The molecule has 3 heterocycles. The quantitative estimate of drug-likeness (QED) is 0.556. The van der Waals surface area contributed by atoms with Crippen molar-refractivity contribution in [3.05, 3.63) is 35.5 Å². The molecule has 4 amide bonds. The van der Waals surface area contributed by atoms with Gasteiger partial charge in [-0.1, -0.05) is 13.8 Å². The van der Waals surface area contributed by atoms with Gasteiger partial charge in [-0.25, -0.2) is 8.78 Å². The smallest absolute Gasteiger partial charge is 0.270 e. The van der Waals surface area contributed by atoms with Crippen LogP contribution >= 0.6 is 0 Å². The summed E-state index contributed by atoms with van der Waals surface area (Å²) in [5.41, 5.74) is 4.87. The van der Waals surface area contributed by atoms with Crippen LogP contribution in [0.1, 0.15) is 50.0 Å². The lowest BCUT2D eigenvalue weighted by Crippen LogP contribution is -2.54. The van der Waals surface area contributed by atoms with Gasteiger partial charge in [0.2, 0.25) is 17.7 Å². The van der Waals surface area contributed by atoms with Crippen molar-refractivity contribution in [1.29, 1.82) is 0 Å². The predicted octanol–water partition coefficient (Wildman–Crippen LogP) is 1.92. The lowest BCUT2D eigenvalue weighted by atomic mass is 9.78. The first-order valence-electron chi connectivity index (χ1n) is 12.1. The van der Waals surface area contributed by atoms with E-state index in [0.717, 1.165) is 18.6 Å². The molecule has 3 atom stereocenters. The predicted molar refractivity (Wildman–Crippen MR) is 128 cm³/mol. The number of aromatic nitrogens is 1. The van der Waals surface area contributed by atoms with Crippen LogP contribution in [0, 0.1) is 23.0 Å². The number of piperidine rings is 1. The van der Waals surface area contributed by atoms with Crippen molar-refractivity contribution in [2.75, 3.05) is 20.1 Å². The number of hydrogen-bond donors (Lipinski definition) is 3. The van der Waals surface area contributed by atoms with Crippen LogP contribution in [0.3, 0.4) is 0 Å². The third-order valence-electron chi connectivity index (χ3n) is 7.29. The van der Waals surface area contributed by atoms with E-state index in [4.69, 9.17) is 5.73 Å². The molecule has 0 saturated carbocycles. The van der Waals surface area contributed by atoms with Crippen LogP contribution in [0.4, 0.5) is 8.78 Å². The minimum absolute atomic E-state index is 0.00465. The van der Waals surface area contributed by atoms with Crippen LogP contribution in [-0.2, 0) is 14.4 Å². The highest BCUT2D eigenvalue weighted by Crippen LogP contribution is 2.41. The Hall–Kier alpha value is -3.50. The zero-order valence-electron chi connectivity index (χ0n) is 20.6. The highest BCUT2D eigenvalue weighted by atomic mass is 19.1. The van der Waals surface area contributed by atoms with Gasteiger partial charge in [-0.2, -0.15) is 0 Å². The topological polar surface area (TPSA) is 129 Å². The Bertz CT molecular complexity index is 1230. The number of halogens is 2. The van der Waals surface area contributed by atoms with Gasteiger partial charge in [-0.3, -0.25) is 19.2 Å². The normalized spacial score (nSPS) is 22.8. The Kier molecular flexibility index (Phi) is 6.76. The number of nitrogens with two attached hydrogens (primary N) is 1. The number of nitrogens with one attached hydrogen (secondary N) is 2. The third kappa shape index (κ3) is 4.54. The summed E-state index contributed by atoms with van der Waals surface area (Å²) >= 11 is 0. The number of nitrogens with zero attached hydrogens (tertiary/aromatic N) is 2. The van der Waals surface area contributed by atoms with Crippen LogP contribution < -0.4 is 11.1 Å². The van der Waals surface area contributed by atoms with Crippen molar-refractivity contribution < 1.29 is 28.0 Å². The lowest BCUT2D eigenvalue weighted by molar-refractivity contribution is -0.142. The van der Waals surface area contributed by atoms with E-state index in [1.54, 1.807) is 0 Å². The van der Waals surface area contributed by atoms with Crippen molar-refractivity contribution >= 4 is 34.5 Å². The molecule has 2 aliphatic rings. The first kappa shape index (κ1) is 25.6. The van der Waals surface area contributed by atoms with Gasteiger partial charge in [0.25, 0.3) is 5.91 Å². The van der Waals surface area contributed by atoms with E-state index in [0.29, 0.717) is 13.0 Å². The van der Waals surface area contributed by atoms with Crippen LogP contribution in [0.5, 0.6) is 0 Å². The number of likely N-dealkylation sites (N-methyl/N-ethyl adjacent to an activating group) is 1. The molecule has 2 fully saturated rings. The van der Waals surface area contributed by atoms with E-state index >= 15 is 0 Å². The average molecular weight is 504 g/mol. The van der Waals surface area contributed by atoms with Crippen LogP contribution in [0.15, 0.2) is 18.2 Å². The van der Waals surface area contributed by atoms with Gasteiger partial charge in [0.1, 0.15) is 29.4 Å². The highest BCUT2D eigenvalue weighted by molar-refractivity contribution is 6.01. The van der Waals surface area contributed by atoms with Crippen LogP contribution in [0.2, 0.25) is 0 Å². The number of H-pyrrole nitrogens is 1. The Morgan fingerprint density at radius 2 is 1.97 bits per heavy atom. The molecule has 4 N–H and O–H groups in total. The summed E-state index contributed by atoms with van der Waals surface area (Å²) in [5, 5.41) is 2.88. The minimum atomic E-state index is -0.968. The summed E-state index contributed by atoms with van der Waals surface area (Å²) in [6, 6.07) is 1.16. The number of primary amides is 1. The zero-order chi connectivity index (χ0) is 26.4. The van der Waals surface area contributed by atoms with Crippen molar-refractivity contribution in [2.45, 2.75) is 51.6 Å². The van der Waals surface area contributed by atoms with Crippen LogP contribution in [0.25, 0.3) is 10.9 Å². The molecule has 194 valence electrons. The van der Waals surface area contributed by atoms with Gasteiger partial charge in [0.15, 0.2) is 0 Å². The molecule has 2 saturated heterocycles. The molecular weight excluding hydrogens is 472 g/mol. The molecule has 1 aromatic heterocycles. The largest absolute Gasteiger partial charge is 0.368 e. The second-order valence-electron chi connectivity index (χ2n) is 10.3. The van der Waals surface area contributed by atoms with Gasteiger partial charge in [-0.05, 0) is 43.7 Å². The molecular formula is C25H31F2N5O4. The number of amides is 4. The van der Waals surface area contributed by atoms with Gasteiger partial charge in [-0.15, -0.1) is 0 Å². The number of benzene rings is 1. The standard InChI is InChI=1S/C25H31F2N5O4/c1-13(2)7-19(31(3)22(34)18-10-15-16(27)8-14(26)9-17(15)30-18)23(35)32-12-25(11-20(32)21(28)33)5-4-6-29-24(25)36/h8-10,13,19-20,30H,4-7,11-12H2,1-3H3,(H2,28,33)(H,29,36)/t19?,20-,25-/m0/s1. The van der Waals surface area contributed by atoms with Crippen molar-refractivity contribution in [1.82, 2.24) is 20.1 Å². The number of aromatic amines is 1. The number of rotatable bonds is 6. The Balaban J connectivity index is 1.64. The molecule has 2 aliphatic heterocycles. The minimum Gasteiger partial charge on any atom is -0.368 e. The monoisotopic (exact) mass is 503 g/mol. The number of carbonyl (C=O) groups is 4. The third-order valence-corrected chi connectivity index (χ3v) is 7.29. The van der Waals surface area contributed by atoms with Gasteiger partial charge in [0.05, 0.1) is 10.9 Å². The summed E-state index contributed by atoms with van der Waals surface area (Å²) in [5.74, 6) is -3.57. The molecule has 1 spiro atoms. The first-order chi connectivity index (χ1) is 16.9. The molecule has 1 aromatic carbocycles. The second kappa shape index (κ2) is 9.51. The van der Waals surface area contributed by atoms with Crippen molar-refractivity contribution in [2.24, 2.45) is 17.1 Å². The molecule has 2 aromatic rings. The fourth-order valence-corrected chi connectivity index (χ4v) is 5.41. The van der Waals surface area contributed by atoms with E-state index < -0.39 is 46.9 Å². The maximum atomic E-state index is 14.2. The Morgan fingerprint density at radius 1 is 1.25 bits per heavy atom. The Labute approximate surface area is 207 Å². The molecule has 36 heavy (non-hydrogen) atoms. The van der Waals surface area contributed by atoms with Gasteiger partial charge < -0.3 is 25.8 Å². The summed E-state index contributed by atoms with van der Waals surface area (Å²) in [6.45, 7) is 4.37. The van der Waals surface area contributed by atoms with E-state index in [2.05, 4.69) is 10.3 Å². The molecule has 4 rings (SSSR count). The fraction of sp³-hybridized carbons (Fsp3) is 0.520. The van der Waals surface area contributed by atoms with Crippen molar-refractivity contribution in [3.8, 4) is 0 Å². The highest BCUT2D eigenvalue weighted by Gasteiger charge is 2.54. The molecule has 9 nitrogen and oxygen atoms in total. The lowest BCUT2D eigenvalue weighted by Gasteiger charge is -2.35. The second-order valence-corrected chi connectivity index (χ2v) is 10.3. The van der Waals surface area contributed by atoms with E-state index in [-0.39, 0.29) is 47.8 Å². The SMILES string of the molecule is CC(C)CC(C(=O)N1C[C@]2(CCCNC2=O)C[C@H]1C(N)=O)N(C)C(=O)c1cc2c(F)cc(F)cc2[nH]1. The maximum Gasteiger partial charge on any atom is 0.270 e. The average Bonchev–Trinajstić information content (AvgIpc) is 3.41. The van der Waals surface area contributed by atoms with Gasteiger partial charge >= 0.3 is 0 Å².